The Kier molecular flexibility index (Phi) is 7.32. The number of hydrogen-bond donors (Lipinski definition) is 1. The van der Waals surface area contributed by atoms with Gasteiger partial charge in [0, 0.05) is 11.7 Å². The first-order valence-corrected chi connectivity index (χ1v) is 9.80. The molecule has 1 aromatic rings. The third kappa shape index (κ3) is 7.03. The highest BCUT2D eigenvalue weighted by atomic mass is 19.4. The molecular weight excluding hydrogens is 383 g/mol. The van der Waals surface area contributed by atoms with E-state index in [2.05, 4.69) is 5.32 Å². The van der Waals surface area contributed by atoms with Crippen molar-refractivity contribution in [3.63, 3.8) is 0 Å². The van der Waals surface area contributed by atoms with Crippen LogP contribution >= 0.6 is 0 Å². The minimum absolute atomic E-state index is 0.0871. The van der Waals surface area contributed by atoms with Crippen LogP contribution in [0.5, 0.6) is 0 Å². The molecule has 0 aromatic heterocycles. The quantitative estimate of drug-likeness (QED) is 0.708. The molecule has 0 bridgehead atoms. The normalized spacial score (nSPS) is 15.3. The van der Waals surface area contributed by atoms with Crippen molar-refractivity contribution >= 4 is 17.5 Å². The molecule has 1 N–H and O–H groups in total. The number of likely N-dealkylation sites (N-methyl/N-ethyl adjacent to an activating group) is 1. The minimum Gasteiger partial charge on any atom is -0.329 e. The van der Waals surface area contributed by atoms with E-state index in [1.807, 2.05) is 32.9 Å². The maximum Gasteiger partial charge on any atom is 0.406 e. The van der Waals surface area contributed by atoms with Crippen LogP contribution in [0.25, 0.3) is 0 Å². The molecule has 0 unspecified atom stereocenters. The average molecular weight is 413 g/mol. The van der Waals surface area contributed by atoms with Crippen molar-refractivity contribution in [1.82, 2.24) is 9.80 Å². The predicted molar refractivity (Wildman–Crippen MR) is 107 cm³/mol. The summed E-state index contributed by atoms with van der Waals surface area (Å²) in [5, 5.41) is 2.84. The Morgan fingerprint density at radius 1 is 1.14 bits per heavy atom. The first-order chi connectivity index (χ1) is 13.4. The van der Waals surface area contributed by atoms with Crippen LogP contribution in [0.2, 0.25) is 0 Å². The zero-order chi connectivity index (χ0) is 21.9. The van der Waals surface area contributed by atoms with Gasteiger partial charge in [-0.3, -0.25) is 14.5 Å². The van der Waals surface area contributed by atoms with Gasteiger partial charge in [-0.1, -0.05) is 17.7 Å². The van der Waals surface area contributed by atoms with Crippen LogP contribution in [0.15, 0.2) is 12.1 Å². The Labute approximate surface area is 170 Å². The standard InChI is InChI=1S/C21H30F3N3O2/c1-13-8-14(2)20(15(3)9-13)25-18(28)10-26(5)11-19(29)27(12-21(22,23)24)16(4)17-6-7-17/h8-9,16-17H,6-7,10-12H2,1-5H3,(H,25,28)/t16-/m0/s1. The van der Waals surface area contributed by atoms with Gasteiger partial charge in [0.05, 0.1) is 13.1 Å². The van der Waals surface area contributed by atoms with Crippen LogP contribution in [0.1, 0.15) is 36.5 Å². The lowest BCUT2D eigenvalue weighted by Gasteiger charge is -2.31. The van der Waals surface area contributed by atoms with Crippen LogP contribution in [-0.2, 0) is 9.59 Å². The molecule has 1 atom stereocenters. The molecule has 1 fully saturated rings. The van der Waals surface area contributed by atoms with E-state index in [1.165, 1.54) is 4.90 Å². The lowest BCUT2D eigenvalue weighted by molar-refractivity contribution is -0.166. The number of carbonyl (C=O) groups excluding carboxylic acids is 2. The fourth-order valence-electron chi connectivity index (χ4n) is 3.66. The van der Waals surface area contributed by atoms with Gasteiger partial charge in [0.2, 0.25) is 11.8 Å². The summed E-state index contributed by atoms with van der Waals surface area (Å²) in [7, 11) is 1.56. The molecule has 0 heterocycles. The Balaban J connectivity index is 1.96. The molecule has 5 nitrogen and oxygen atoms in total. The van der Waals surface area contributed by atoms with Crippen molar-refractivity contribution in [2.75, 3.05) is 32.0 Å². The molecule has 29 heavy (non-hydrogen) atoms. The molecular formula is C21H30F3N3O2. The number of alkyl halides is 3. The highest BCUT2D eigenvalue weighted by molar-refractivity contribution is 5.94. The second-order valence-corrected chi connectivity index (χ2v) is 8.21. The largest absolute Gasteiger partial charge is 0.406 e. The van der Waals surface area contributed by atoms with Gasteiger partial charge in [-0.05, 0) is 64.6 Å². The number of halogens is 3. The fraction of sp³-hybridized carbons (Fsp3) is 0.619. The van der Waals surface area contributed by atoms with E-state index < -0.39 is 24.7 Å². The van der Waals surface area contributed by atoms with Crippen molar-refractivity contribution in [3.05, 3.63) is 28.8 Å². The first kappa shape index (κ1) is 23.2. The second-order valence-electron chi connectivity index (χ2n) is 8.21. The SMILES string of the molecule is Cc1cc(C)c(NC(=O)CN(C)CC(=O)N(CC(F)(F)F)[C@@H](C)C2CC2)c(C)c1. The van der Waals surface area contributed by atoms with Gasteiger partial charge in [0.25, 0.3) is 0 Å². The van der Waals surface area contributed by atoms with Crippen molar-refractivity contribution in [3.8, 4) is 0 Å². The van der Waals surface area contributed by atoms with Crippen molar-refractivity contribution < 1.29 is 22.8 Å². The van der Waals surface area contributed by atoms with Gasteiger partial charge in [-0.2, -0.15) is 13.2 Å². The molecule has 0 spiro atoms. The second kappa shape index (κ2) is 9.15. The van der Waals surface area contributed by atoms with Crippen LogP contribution in [0, 0.1) is 26.7 Å². The summed E-state index contributed by atoms with van der Waals surface area (Å²) in [4.78, 5) is 27.3. The Morgan fingerprint density at radius 3 is 2.17 bits per heavy atom. The summed E-state index contributed by atoms with van der Waals surface area (Å²) in [5.41, 5.74) is 3.69. The molecule has 162 valence electrons. The van der Waals surface area contributed by atoms with Crippen LogP contribution < -0.4 is 5.32 Å². The van der Waals surface area contributed by atoms with Gasteiger partial charge in [0.15, 0.2) is 0 Å². The number of nitrogens with one attached hydrogen (secondary N) is 1. The fourth-order valence-corrected chi connectivity index (χ4v) is 3.66. The number of amides is 2. The molecule has 0 radical (unpaired) electrons. The summed E-state index contributed by atoms with van der Waals surface area (Å²) in [6.45, 7) is 5.85. The lowest BCUT2D eigenvalue weighted by Crippen LogP contribution is -2.49. The summed E-state index contributed by atoms with van der Waals surface area (Å²) < 4.78 is 38.8. The van der Waals surface area contributed by atoms with Crippen LogP contribution in [0.3, 0.4) is 0 Å². The summed E-state index contributed by atoms with van der Waals surface area (Å²) in [5.74, 6) is -0.796. The van der Waals surface area contributed by atoms with Gasteiger partial charge in [-0.25, -0.2) is 0 Å². The molecule has 1 aliphatic carbocycles. The maximum absolute atomic E-state index is 12.9. The molecule has 2 amide bonds. The predicted octanol–water partition coefficient (Wildman–Crippen LogP) is 3.67. The Morgan fingerprint density at radius 2 is 1.69 bits per heavy atom. The van der Waals surface area contributed by atoms with E-state index in [0.717, 1.165) is 40.1 Å². The zero-order valence-corrected chi connectivity index (χ0v) is 17.7. The Bertz CT molecular complexity index is 737. The molecule has 1 saturated carbocycles. The smallest absolute Gasteiger partial charge is 0.329 e. The topological polar surface area (TPSA) is 52.7 Å². The molecule has 0 aliphatic heterocycles. The summed E-state index contributed by atoms with van der Waals surface area (Å²) in [6, 6.07) is 3.47. The van der Waals surface area contributed by atoms with E-state index in [0.29, 0.717) is 0 Å². The van der Waals surface area contributed by atoms with Crippen LogP contribution in [0.4, 0.5) is 18.9 Å². The van der Waals surface area contributed by atoms with E-state index in [9.17, 15) is 22.8 Å². The summed E-state index contributed by atoms with van der Waals surface area (Å²) >= 11 is 0. The minimum atomic E-state index is -4.45. The van der Waals surface area contributed by atoms with Crippen molar-refractivity contribution in [2.45, 2.75) is 52.8 Å². The van der Waals surface area contributed by atoms with E-state index in [4.69, 9.17) is 0 Å². The number of carbonyl (C=O) groups is 2. The number of benzene rings is 1. The molecule has 1 aromatic carbocycles. The number of anilines is 1. The first-order valence-electron chi connectivity index (χ1n) is 9.80. The van der Waals surface area contributed by atoms with Gasteiger partial charge in [0.1, 0.15) is 6.54 Å². The maximum atomic E-state index is 12.9. The third-order valence-electron chi connectivity index (χ3n) is 5.23. The van der Waals surface area contributed by atoms with Gasteiger partial charge < -0.3 is 10.2 Å². The van der Waals surface area contributed by atoms with Gasteiger partial charge >= 0.3 is 6.18 Å². The lowest BCUT2D eigenvalue weighted by atomic mass is 10.1. The number of hydrogen-bond acceptors (Lipinski definition) is 3. The zero-order valence-electron chi connectivity index (χ0n) is 17.7. The molecule has 1 aliphatic rings. The number of aryl methyl sites for hydroxylation is 3. The van der Waals surface area contributed by atoms with Crippen LogP contribution in [-0.4, -0.2) is 60.5 Å². The van der Waals surface area contributed by atoms with E-state index >= 15 is 0 Å². The average Bonchev–Trinajstić information content (AvgIpc) is 3.39. The molecule has 8 heteroatoms. The Hall–Kier alpha value is -2.09. The monoisotopic (exact) mass is 413 g/mol. The molecule has 2 rings (SSSR count). The van der Waals surface area contributed by atoms with E-state index in [-0.39, 0.29) is 24.9 Å². The third-order valence-corrected chi connectivity index (χ3v) is 5.23. The van der Waals surface area contributed by atoms with Crippen molar-refractivity contribution in [1.29, 1.82) is 0 Å². The number of nitrogens with zero attached hydrogens (tertiary/aromatic N) is 2. The van der Waals surface area contributed by atoms with E-state index in [1.54, 1.807) is 14.0 Å². The highest BCUT2D eigenvalue weighted by Gasteiger charge is 2.40. The highest BCUT2D eigenvalue weighted by Crippen LogP contribution is 2.36. The summed E-state index contributed by atoms with van der Waals surface area (Å²) in [6.07, 6.45) is -2.76. The molecule has 0 saturated heterocycles. The van der Waals surface area contributed by atoms with Crippen molar-refractivity contribution in [2.24, 2.45) is 5.92 Å². The van der Waals surface area contributed by atoms with Gasteiger partial charge in [-0.15, -0.1) is 0 Å². The number of rotatable bonds is 8.